The molecule has 0 fully saturated rings. The fraction of sp³-hybridized carbons (Fsp3) is 0.615. The Morgan fingerprint density at radius 3 is 2.79 bits per heavy atom. The molecule has 0 aliphatic rings. The van der Waals surface area contributed by atoms with Gasteiger partial charge in [0.1, 0.15) is 12.6 Å². The van der Waals surface area contributed by atoms with Gasteiger partial charge in [-0.05, 0) is 13.3 Å². The molecule has 0 unspecified atom stereocenters. The Morgan fingerprint density at radius 1 is 1.47 bits per heavy atom. The van der Waals surface area contributed by atoms with E-state index in [9.17, 15) is 9.59 Å². The lowest BCUT2D eigenvalue weighted by atomic mass is 10.2. The summed E-state index contributed by atoms with van der Waals surface area (Å²) in [6.07, 6.45) is 2.49. The van der Waals surface area contributed by atoms with Gasteiger partial charge >= 0.3 is 5.97 Å². The summed E-state index contributed by atoms with van der Waals surface area (Å²) in [6, 6.07) is 1.70. The van der Waals surface area contributed by atoms with Crippen LogP contribution in [0.4, 0.5) is 0 Å². The summed E-state index contributed by atoms with van der Waals surface area (Å²) in [5, 5.41) is 8.31. The molecule has 0 radical (unpaired) electrons. The SMILES string of the molecule is C=CCCC(=O)N(CCOCC)CC(=O)OCC#N. The summed E-state index contributed by atoms with van der Waals surface area (Å²) in [5.74, 6) is -0.751. The topological polar surface area (TPSA) is 79.6 Å². The molecule has 0 saturated carbocycles. The molecule has 0 spiro atoms. The normalized spacial score (nSPS) is 9.47. The zero-order chi connectivity index (χ0) is 14.5. The quantitative estimate of drug-likeness (QED) is 0.334. The van der Waals surface area contributed by atoms with Gasteiger partial charge in [-0.1, -0.05) is 6.08 Å². The van der Waals surface area contributed by atoms with E-state index >= 15 is 0 Å². The number of allylic oxidation sites excluding steroid dienone is 1. The molecule has 6 heteroatoms. The second-order valence-electron chi connectivity index (χ2n) is 3.66. The van der Waals surface area contributed by atoms with E-state index in [2.05, 4.69) is 11.3 Å². The lowest BCUT2D eigenvalue weighted by Crippen LogP contribution is -2.38. The number of nitrogens with zero attached hydrogens (tertiary/aromatic N) is 2. The molecule has 106 valence electrons. The van der Waals surface area contributed by atoms with Crippen LogP contribution in [0.15, 0.2) is 12.7 Å². The molecule has 0 rings (SSSR count). The maximum absolute atomic E-state index is 11.9. The van der Waals surface area contributed by atoms with E-state index in [1.807, 2.05) is 6.92 Å². The van der Waals surface area contributed by atoms with Crippen molar-refractivity contribution in [1.82, 2.24) is 4.90 Å². The molecule has 0 N–H and O–H groups in total. The van der Waals surface area contributed by atoms with Crippen molar-refractivity contribution in [3.05, 3.63) is 12.7 Å². The number of nitriles is 1. The second kappa shape index (κ2) is 11.2. The van der Waals surface area contributed by atoms with Crippen molar-refractivity contribution in [3.8, 4) is 6.07 Å². The Labute approximate surface area is 113 Å². The highest BCUT2D eigenvalue weighted by molar-refractivity contribution is 5.82. The highest BCUT2D eigenvalue weighted by Crippen LogP contribution is 2.00. The van der Waals surface area contributed by atoms with Gasteiger partial charge in [-0.15, -0.1) is 6.58 Å². The average molecular weight is 268 g/mol. The van der Waals surface area contributed by atoms with Gasteiger partial charge in [-0.25, -0.2) is 0 Å². The third kappa shape index (κ3) is 8.80. The van der Waals surface area contributed by atoms with E-state index in [0.29, 0.717) is 32.6 Å². The molecule has 0 atom stereocenters. The van der Waals surface area contributed by atoms with Gasteiger partial charge in [0.25, 0.3) is 0 Å². The molecule has 0 aromatic carbocycles. The van der Waals surface area contributed by atoms with Crippen molar-refractivity contribution in [3.63, 3.8) is 0 Å². The van der Waals surface area contributed by atoms with Crippen molar-refractivity contribution < 1.29 is 19.1 Å². The predicted octanol–water partition coefficient (Wildman–Crippen LogP) is 0.884. The zero-order valence-corrected chi connectivity index (χ0v) is 11.3. The molecule has 0 aliphatic heterocycles. The predicted molar refractivity (Wildman–Crippen MR) is 69.1 cm³/mol. The summed E-state index contributed by atoms with van der Waals surface area (Å²) < 4.78 is 9.79. The van der Waals surface area contributed by atoms with E-state index in [1.54, 1.807) is 12.1 Å². The molecule has 0 bridgehead atoms. The third-order valence-electron chi connectivity index (χ3n) is 2.24. The van der Waals surface area contributed by atoms with Crippen LogP contribution in [0.2, 0.25) is 0 Å². The first kappa shape index (κ1) is 17.1. The smallest absolute Gasteiger partial charge is 0.326 e. The Balaban J connectivity index is 4.31. The molecule has 0 saturated heterocycles. The first-order valence-electron chi connectivity index (χ1n) is 6.14. The number of carbonyl (C=O) groups excluding carboxylic acids is 2. The number of hydrogen-bond acceptors (Lipinski definition) is 5. The number of amides is 1. The minimum atomic E-state index is -0.593. The fourth-order valence-electron chi connectivity index (χ4n) is 1.31. The Morgan fingerprint density at radius 2 is 2.21 bits per heavy atom. The van der Waals surface area contributed by atoms with Gasteiger partial charge in [0.15, 0.2) is 6.61 Å². The minimum Gasteiger partial charge on any atom is -0.449 e. The van der Waals surface area contributed by atoms with Crippen LogP contribution in [-0.2, 0) is 19.1 Å². The van der Waals surface area contributed by atoms with Crippen LogP contribution in [0.3, 0.4) is 0 Å². The lowest BCUT2D eigenvalue weighted by molar-refractivity contribution is -0.148. The van der Waals surface area contributed by atoms with Crippen LogP contribution < -0.4 is 0 Å². The number of hydrogen-bond donors (Lipinski definition) is 0. The highest BCUT2D eigenvalue weighted by atomic mass is 16.5. The van der Waals surface area contributed by atoms with Crippen LogP contribution in [0.1, 0.15) is 19.8 Å². The maximum atomic E-state index is 11.9. The van der Waals surface area contributed by atoms with Gasteiger partial charge in [0.2, 0.25) is 5.91 Å². The summed E-state index contributed by atoms with van der Waals surface area (Å²) in [6.45, 7) is 6.17. The van der Waals surface area contributed by atoms with Crippen molar-refractivity contribution >= 4 is 11.9 Å². The highest BCUT2D eigenvalue weighted by Gasteiger charge is 2.17. The molecular formula is C13H20N2O4. The summed E-state index contributed by atoms with van der Waals surface area (Å²) >= 11 is 0. The number of carbonyl (C=O) groups is 2. The van der Waals surface area contributed by atoms with E-state index in [4.69, 9.17) is 10.00 Å². The number of ether oxygens (including phenoxy) is 2. The first-order valence-corrected chi connectivity index (χ1v) is 6.14. The van der Waals surface area contributed by atoms with Gasteiger partial charge < -0.3 is 14.4 Å². The fourth-order valence-corrected chi connectivity index (χ4v) is 1.31. The van der Waals surface area contributed by atoms with Gasteiger partial charge in [-0.3, -0.25) is 9.59 Å². The van der Waals surface area contributed by atoms with E-state index in [1.165, 1.54) is 4.90 Å². The van der Waals surface area contributed by atoms with Crippen molar-refractivity contribution in [2.24, 2.45) is 0 Å². The van der Waals surface area contributed by atoms with Gasteiger partial charge in [0, 0.05) is 19.6 Å². The first-order chi connectivity index (χ1) is 9.15. The summed E-state index contributed by atoms with van der Waals surface area (Å²) in [7, 11) is 0. The minimum absolute atomic E-state index is 0.159. The van der Waals surface area contributed by atoms with Gasteiger partial charge in [-0.2, -0.15) is 5.26 Å². The zero-order valence-electron chi connectivity index (χ0n) is 11.3. The number of rotatable bonds is 10. The largest absolute Gasteiger partial charge is 0.449 e. The van der Waals surface area contributed by atoms with Crippen molar-refractivity contribution in [1.29, 1.82) is 5.26 Å². The average Bonchev–Trinajstić information content (AvgIpc) is 2.41. The molecule has 0 aromatic heterocycles. The van der Waals surface area contributed by atoms with Crippen LogP contribution in [0, 0.1) is 11.3 Å². The molecule has 19 heavy (non-hydrogen) atoms. The monoisotopic (exact) mass is 268 g/mol. The van der Waals surface area contributed by atoms with E-state index < -0.39 is 5.97 Å². The Bertz CT molecular complexity index is 336. The van der Waals surface area contributed by atoms with Crippen LogP contribution in [0.25, 0.3) is 0 Å². The van der Waals surface area contributed by atoms with E-state index in [0.717, 1.165) is 0 Å². The molecular weight excluding hydrogens is 248 g/mol. The Kier molecular flexibility index (Phi) is 10.1. The number of esters is 1. The second-order valence-corrected chi connectivity index (χ2v) is 3.66. The molecule has 6 nitrogen and oxygen atoms in total. The molecule has 0 heterocycles. The molecule has 0 aromatic rings. The molecule has 1 amide bonds. The molecule has 0 aliphatic carbocycles. The van der Waals surface area contributed by atoms with Gasteiger partial charge in [0.05, 0.1) is 6.61 Å². The maximum Gasteiger partial charge on any atom is 0.326 e. The summed E-state index contributed by atoms with van der Waals surface area (Å²) in [5.41, 5.74) is 0. The standard InChI is InChI=1S/C13H20N2O4/c1-3-5-6-12(16)15(8-10-18-4-2)11-13(17)19-9-7-14/h3H,1,4-6,8-11H2,2H3. The van der Waals surface area contributed by atoms with Crippen molar-refractivity contribution in [2.45, 2.75) is 19.8 Å². The van der Waals surface area contributed by atoms with Crippen LogP contribution in [-0.4, -0.2) is 49.7 Å². The summed E-state index contributed by atoms with van der Waals surface area (Å²) in [4.78, 5) is 24.6. The Hall–Kier alpha value is -1.87. The van der Waals surface area contributed by atoms with Crippen LogP contribution in [0.5, 0.6) is 0 Å². The lowest BCUT2D eigenvalue weighted by Gasteiger charge is -2.21. The van der Waals surface area contributed by atoms with Crippen LogP contribution >= 0.6 is 0 Å². The van der Waals surface area contributed by atoms with E-state index in [-0.39, 0.29) is 19.1 Å². The van der Waals surface area contributed by atoms with Crippen molar-refractivity contribution in [2.75, 3.05) is 32.9 Å². The third-order valence-corrected chi connectivity index (χ3v) is 2.24.